The molecule has 5 rings (SSSR count). The molecule has 1 atom stereocenters. The number of nitrogens with zero attached hydrogens (tertiary/aromatic N) is 4. The molecule has 0 saturated carbocycles. The Bertz CT molecular complexity index is 1170. The molecule has 2 aliphatic carbocycles. The van der Waals surface area contributed by atoms with E-state index in [-0.39, 0.29) is 35.6 Å². The Hall–Kier alpha value is -1.59. The summed E-state index contributed by atoms with van der Waals surface area (Å²) in [5.74, 6) is 0. The first-order valence-corrected chi connectivity index (χ1v) is 13.7. The summed E-state index contributed by atoms with van der Waals surface area (Å²) in [4.78, 5) is 15.3. The molecule has 1 aromatic heterocycles. The first kappa shape index (κ1) is 26.5. The van der Waals surface area contributed by atoms with Crippen LogP contribution in [0.5, 0.6) is 0 Å². The van der Waals surface area contributed by atoms with Crippen LogP contribution in [0.4, 0.5) is 16.2 Å². The number of fused-ring (bicyclic) bond motifs is 2. The molecule has 1 saturated heterocycles. The summed E-state index contributed by atoms with van der Waals surface area (Å²) < 4.78 is 32.5. The van der Waals surface area contributed by atoms with Crippen molar-refractivity contribution in [1.82, 2.24) is 19.4 Å². The zero-order valence-corrected chi connectivity index (χ0v) is 23.8. The maximum atomic E-state index is 13.6. The Kier molecular flexibility index (Phi) is 8.17. The maximum Gasteiger partial charge on any atom is 0.334 e. The summed E-state index contributed by atoms with van der Waals surface area (Å²) in [6.45, 7) is 1.72. The number of carbonyl (C=O) groups excluding carboxylic acids is 1. The van der Waals surface area contributed by atoms with Crippen molar-refractivity contribution in [1.29, 1.82) is 0 Å². The van der Waals surface area contributed by atoms with Crippen LogP contribution in [0, 0.1) is 0 Å². The molecular formula is C24H34N6NaO3S. The van der Waals surface area contributed by atoms with Crippen LogP contribution in [-0.2, 0) is 42.9 Å². The molecule has 35 heavy (non-hydrogen) atoms. The summed E-state index contributed by atoms with van der Waals surface area (Å²) >= 11 is 0. The summed E-state index contributed by atoms with van der Waals surface area (Å²) in [5.41, 5.74) is 6.23. The number of hydrogen-bond acceptors (Lipinski definition) is 5. The molecule has 0 bridgehead atoms. The number of carbonyl (C=O) groups is 1. The summed E-state index contributed by atoms with van der Waals surface area (Å²) in [5, 5.41) is 7.13. The summed E-state index contributed by atoms with van der Waals surface area (Å²) in [7, 11) is -0.338. The van der Waals surface area contributed by atoms with E-state index >= 15 is 0 Å². The molecule has 2 heterocycles. The van der Waals surface area contributed by atoms with Gasteiger partial charge in [-0.15, -0.1) is 0 Å². The Morgan fingerprint density at radius 2 is 1.71 bits per heavy atom. The van der Waals surface area contributed by atoms with E-state index in [0.717, 1.165) is 70.1 Å². The zero-order chi connectivity index (χ0) is 23.9. The first-order chi connectivity index (χ1) is 16.3. The van der Waals surface area contributed by atoms with Gasteiger partial charge in [0.2, 0.25) is 0 Å². The van der Waals surface area contributed by atoms with Gasteiger partial charge < -0.3 is 10.2 Å². The van der Waals surface area contributed by atoms with Gasteiger partial charge in [0.05, 0.1) is 11.9 Å². The number of anilines is 2. The van der Waals surface area contributed by atoms with Crippen LogP contribution >= 0.6 is 0 Å². The van der Waals surface area contributed by atoms with Gasteiger partial charge in [-0.2, -0.15) is 13.5 Å². The van der Waals surface area contributed by atoms with Crippen molar-refractivity contribution in [2.45, 2.75) is 63.8 Å². The van der Waals surface area contributed by atoms with Gasteiger partial charge in [0.1, 0.15) is 0 Å². The fourth-order valence-corrected chi connectivity index (χ4v) is 7.16. The molecule has 2 N–H and O–H groups in total. The molecule has 185 valence electrons. The molecule has 3 aliphatic rings. The fraction of sp³-hybridized carbons (Fsp3) is 0.583. The van der Waals surface area contributed by atoms with Crippen LogP contribution in [0.25, 0.3) is 0 Å². The van der Waals surface area contributed by atoms with Gasteiger partial charge in [0.25, 0.3) is 0 Å². The molecule has 2 aromatic rings. The predicted molar refractivity (Wildman–Crippen MR) is 138 cm³/mol. The van der Waals surface area contributed by atoms with Crippen LogP contribution < -0.4 is 14.3 Å². The predicted octanol–water partition coefficient (Wildman–Crippen LogP) is 2.37. The van der Waals surface area contributed by atoms with E-state index in [1.807, 2.05) is 7.05 Å². The van der Waals surface area contributed by atoms with Crippen LogP contribution in [0.2, 0.25) is 0 Å². The second-order valence-electron chi connectivity index (χ2n) is 9.85. The second-order valence-corrected chi connectivity index (χ2v) is 11.4. The summed E-state index contributed by atoms with van der Waals surface area (Å²) in [6.07, 6.45) is 11.5. The Labute approximate surface area is 230 Å². The quantitative estimate of drug-likeness (QED) is 0.603. The zero-order valence-electron chi connectivity index (χ0n) is 21.0. The maximum absolute atomic E-state index is 13.6. The van der Waals surface area contributed by atoms with E-state index < -0.39 is 16.2 Å². The van der Waals surface area contributed by atoms with Crippen molar-refractivity contribution in [3.63, 3.8) is 0 Å². The smallest absolute Gasteiger partial charge is 0.307 e. The van der Waals surface area contributed by atoms with E-state index in [1.165, 1.54) is 26.6 Å². The fourth-order valence-electron chi connectivity index (χ4n) is 5.80. The topological polar surface area (TPSA) is 99.6 Å². The van der Waals surface area contributed by atoms with E-state index in [9.17, 15) is 13.2 Å². The number of urea groups is 1. The summed E-state index contributed by atoms with van der Waals surface area (Å²) in [6, 6.07) is 1.34. The Balaban J connectivity index is 0.00000289. The Morgan fingerprint density at radius 3 is 2.34 bits per heavy atom. The standard InChI is InChI=1S/C24H34N6O3S.Na/c1-28-12-5-8-19(11-13-28)30(20-15-25-29(2)16-20)34(32,33)27-24(31)26-23-21-9-3-6-17(21)14-18-7-4-10-22(18)23;/h14-16,19H,3-13H2,1-2H3,(H2,26,27,31);. The monoisotopic (exact) mass is 509 g/mol. The van der Waals surface area contributed by atoms with Crippen LogP contribution in [0.1, 0.15) is 54.4 Å². The minimum absolute atomic E-state index is 0. The van der Waals surface area contributed by atoms with E-state index in [2.05, 4.69) is 26.1 Å². The van der Waals surface area contributed by atoms with Gasteiger partial charge in [0, 0.05) is 54.5 Å². The van der Waals surface area contributed by atoms with Crippen molar-refractivity contribution >= 4 is 57.2 Å². The molecule has 1 unspecified atom stereocenters. The largest absolute Gasteiger partial charge is 0.334 e. The van der Waals surface area contributed by atoms with Gasteiger partial charge in [-0.05, 0) is 100 Å². The molecule has 0 spiro atoms. The number of nitrogens with one attached hydrogen (secondary N) is 2. The van der Waals surface area contributed by atoms with Gasteiger partial charge in [0.15, 0.2) is 0 Å². The Morgan fingerprint density at radius 1 is 1.03 bits per heavy atom. The molecule has 2 amide bonds. The number of likely N-dealkylation sites (tertiary alicyclic amines) is 1. The van der Waals surface area contributed by atoms with Gasteiger partial charge in [-0.3, -0.25) is 4.68 Å². The van der Waals surface area contributed by atoms with Crippen LogP contribution in [0.3, 0.4) is 0 Å². The number of aryl methyl sites for hydroxylation is 3. The molecule has 9 nitrogen and oxygen atoms in total. The van der Waals surface area contributed by atoms with Crippen molar-refractivity contribution in [3.8, 4) is 0 Å². The van der Waals surface area contributed by atoms with Crippen molar-refractivity contribution in [2.75, 3.05) is 29.8 Å². The molecule has 1 aliphatic heterocycles. The minimum atomic E-state index is -4.14. The van der Waals surface area contributed by atoms with E-state index in [0.29, 0.717) is 12.1 Å². The van der Waals surface area contributed by atoms with Gasteiger partial charge in [-0.25, -0.2) is 13.8 Å². The van der Waals surface area contributed by atoms with Gasteiger partial charge >= 0.3 is 16.2 Å². The second kappa shape index (κ2) is 10.8. The average molecular weight is 510 g/mol. The number of aromatic nitrogens is 2. The van der Waals surface area contributed by atoms with Crippen molar-refractivity contribution < 1.29 is 13.2 Å². The van der Waals surface area contributed by atoms with Crippen LogP contribution in [0.15, 0.2) is 18.5 Å². The molecule has 1 aromatic carbocycles. The van der Waals surface area contributed by atoms with Crippen molar-refractivity contribution in [2.24, 2.45) is 7.05 Å². The van der Waals surface area contributed by atoms with Gasteiger partial charge in [-0.1, -0.05) is 6.07 Å². The molecule has 1 radical (unpaired) electrons. The number of amides is 2. The number of benzene rings is 1. The SMILES string of the molecule is CN1CCCC(N(c2cnn(C)c2)S(=O)(=O)NC(=O)Nc2c3c(cc4c2CCC4)CCC3)CC1.[Na]. The number of rotatable bonds is 5. The molecular weight excluding hydrogens is 475 g/mol. The van der Waals surface area contributed by atoms with E-state index in [1.54, 1.807) is 24.1 Å². The third-order valence-corrected chi connectivity index (χ3v) is 8.86. The third kappa shape index (κ3) is 5.56. The molecule has 1 fully saturated rings. The van der Waals surface area contributed by atoms with E-state index in [4.69, 9.17) is 0 Å². The third-order valence-electron chi connectivity index (χ3n) is 7.39. The average Bonchev–Trinajstić information content (AvgIpc) is 3.49. The molecule has 11 heteroatoms. The normalized spacial score (nSPS) is 19.9. The first-order valence-electron chi connectivity index (χ1n) is 12.3. The van der Waals surface area contributed by atoms with Crippen molar-refractivity contribution in [3.05, 3.63) is 40.7 Å². The minimum Gasteiger partial charge on any atom is -0.307 e. The number of hydrogen-bond donors (Lipinski definition) is 2. The van der Waals surface area contributed by atoms with Crippen LogP contribution in [-0.4, -0.2) is 84.9 Å².